The normalized spacial score (nSPS) is 10.3. The van der Waals surface area contributed by atoms with Crippen LogP contribution in [-0.2, 0) is 0 Å². The molecule has 0 unspecified atom stereocenters. The van der Waals surface area contributed by atoms with E-state index < -0.39 is 4.92 Å². The summed E-state index contributed by atoms with van der Waals surface area (Å²) in [6.07, 6.45) is 0. The van der Waals surface area contributed by atoms with Crippen molar-refractivity contribution in [3.8, 4) is 11.3 Å². The van der Waals surface area contributed by atoms with Crippen molar-refractivity contribution in [1.29, 1.82) is 0 Å². The number of aromatic nitrogens is 1. The fourth-order valence-corrected chi connectivity index (χ4v) is 1.43. The van der Waals surface area contributed by atoms with Gasteiger partial charge in [-0.05, 0) is 18.6 Å². The highest BCUT2D eigenvalue weighted by Crippen LogP contribution is 2.30. The Morgan fingerprint density at radius 3 is 2.75 bits per heavy atom. The summed E-state index contributed by atoms with van der Waals surface area (Å²) in [4.78, 5) is 10.4. The van der Waals surface area contributed by atoms with Crippen LogP contribution in [0.3, 0.4) is 0 Å². The average Bonchev–Trinajstić information content (AvgIpc) is 2.64. The van der Waals surface area contributed by atoms with E-state index >= 15 is 0 Å². The number of nitrogen functional groups attached to an aromatic ring is 1. The molecule has 6 heteroatoms. The molecule has 1 heterocycles. The molecule has 0 aliphatic carbocycles. The molecule has 82 valence electrons. The SMILES string of the molecule is Cc1ccc([N+](=O)[O-])c(-c2cc(N)on2)c1. The number of benzene rings is 1. The van der Waals surface area contributed by atoms with Crippen molar-refractivity contribution in [3.63, 3.8) is 0 Å². The minimum Gasteiger partial charge on any atom is -0.368 e. The van der Waals surface area contributed by atoms with Crippen LogP contribution in [-0.4, -0.2) is 10.1 Å². The molecule has 0 saturated carbocycles. The van der Waals surface area contributed by atoms with Crippen molar-refractivity contribution in [2.75, 3.05) is 5.73 Å². The van der Waals surface area contributed by atoms with Crippen LogP contribution in [0.15, 0.2) is 28.8 Å². The van der Waals surface area contributed by atoms with Crippen LogP contribution < -0.4 is 5.73 Å². The van der Waals surface area contributed by atoms with E-state index in [4.69, 9.17) is 10.3 Å². The lowest BCUT2D eigenvalue weighted by molar-refractivity contribution is -0.384. The fraction of sp³-hybridized carbons (Fsp3) is 0.100. The summed E-state index contributed by atoms with van der Waals surface area (Å²) in [5, 5.41) is 14.5. The highest BCUT2D eigenvalue weighted by atomic mass is 16.6. The second-order valence-electron chi connectivity index (χ2n) is 3.39. The van der Waals surface area contributed by atoms with Gasteiger partial charge in [0, 0.05) is 12.1 Å². The first kappa shape index (κ1) is 10.2. The zero-order valence-corrected chi connectivity index (χ0v) is 8.51. The van der Waals surface area contributed by atoms with Gasteiger partial charge in [0.05, 0.1) is 10.5 Å². The Balaban J connectivity index is 2.62. The third kappa shape index (κ3) is 1.72. The molecule has 0 bridgehead atoms. The maximum Gasteiger partial charge on any atom is 0.278 e. The second-order valence-corrected chi connectivity index (χ2v) is 3.39. The van der Waals surface area contributed by atoms with E-state index in [2.05, 4.69) is 5.16 Å². The Bertz CT molecular complexity index is 548. The van der Waals surface area contributed by atoms with Crippen LogP contribution in [0.4, 0.5) is 11.6 Å². The second kappa shape index (κ2) is 3.65. The van der Waals surface area contributed by atoms with Crippen LogP contribution in [0.1, 0.15) is 5.56 Å². The molecule has 1 aromatic carbocycles. The predicted octanol–water partition coefficient (Wildman–Crippen LogP) is 2.14. The van der Waals surface area contributed by atoms with Crippen LogP contribution in [0.5, 0.6) is 0 Å². The van der Waals surface area contributed by atoms with E-state index in [1.54, 1.807) is 12.1 Å². The molecular formula is C10H9N3O3. The lowest BCUT2D eigenvalue weighted by Crippen LogP contribution is -1.92. The molecule has 2 rings (SSSR count). The van der Waals surface area contributed by atoms with Gasteiger partial charge >= 0.3 is 0 Å². The lowest BCUT2D eigenvalue weighted by atomic mass is 10.1. The quantitative estimate of drug-likeness (QED) is 0.616. The predicted molar refractivity (Wildman–Crippen MR) is 57.7 cm³/mol. The molecule has 0 fully saturated rings. The largest absolute Gasteiger partial charge is 0.368 e. The minimum absolute atomic E-state index is 0.0149. The average molecular weight is 219 g/mol. The van der Waals surface area contributed by atoms with Gasteiger partial charge < -0.3 is 10.3 Å². The Morgan fingerprint density at radius 1 is 1.44 bits per heavy atom. The van der Waals surface area contributed by atoms with E-state index in [0.29, 0.717) is 11.3 Å². The highest BCUT2D eigenvalue weighted by Gasteiger charge is 2.17. The number of nitro groups is 1. The van der Waals surface area contributed by atoms with E-state index in [-0.39, 0.29) is 11.6 Å². The molecule has 0 atom stereocenters. The number of nitro benzene ring substituents is 1. The van der Waals surface area contributed by atoms with E-state index in [9.17, 15) is 10.1 Å². The lowest BCUT2D eigenvalue weighted by Gasteiger charge is -1.99. The summed E-state index contributed by atoms with van der Waals surface area (Å²) in [6, 6.07) is 6.25. The molecule has 0 aliphatic rings. The zero-order chi connectivity index (χ0) is 11.7. The van der Waals surface area contributed by atoms with Crippen molar-refractivity contribution in [2.45, 2.75) is 6.92 Å². The molecule has 2 N–H and O–H groups in total. The first-order chi connectivity index (χ1) is 7.58. The van der Waals surface area contributed by atoms with Crippen molar-refractivity contribution in [3.05, 3.63) is 39.9 Å². The van der Waals surface area contributed by atoms with Crippen LogP contribution in [0.2, 0.25) is 0 Å². The summed E-state index contributed by atoms with van der Waals surface area (Å²) < 4.78 is 4.70. The molecule has 0 saturated heterocycles. The Kier molecular flexibility index (Phi) is 2.32. The molecular weight excluding hydrogens is 210 g/mol. The molecule has 0 amide bonds. The smallest absolute Gasteiger partial charge is 0.278 e. The Labute approximate surface area is 90.8 Å². The summed E-state index contributed by atoms with van der Waals surface area (Å²) in [6.45, 7) is 1.84. The van der Waals surface area contributed by atoms with Gasteiger partial charge in [-0.1, -0.05) is 11.2 Å². The van der Waals surface area contributed by atoms with Gasteiger partial charge in [0.2, 0.25) is 5.88 Å². The molecule has 6 nitrogen and oxygen atoms in total. The van der Waals surface area contributed by atoms with Gasteiger partial charge in [-0.25, -0.2) is 0 Å². The number of hydrogen-bond donors (Lipinski definition) is 1. The van der Waals surface area contributed by atoms with E-state index in [0.717, 1.165) is 5.56 Å². The third-order valence-corrected chi connectivity index (χ3v) is 2.15. The zero-order valence-electron chi connectivity index (χ0n) is 8.51. The van der Waals surface area contributed by atoms with E-state index in [1.807, 2.05) is 6.92 Å². The molecule has 0 spiro atoms. The topological polar surface area (TPSA) is 95.2 Å². The Morgan fingerprint density at radius 2 is 2.19 bits per heavy atom. The van der Waals surface area contributed by atoms with Gasteiger partial charge in [-0.3, -0.25) is 10.1 Å². The maximum absolute atomic E-state index is 10.8. The van der Waals surface area contributed by atoms with Crippen LogP contribution >= 0.6 is 0 Å². The standard InChI is InChI=1S/C10H9N3O3/c1-6-2-3-9(13(14)15)7(4-6)8-5-10(11)16-12-8/h2-5H,11H2,1H3. The number of nitrogens with zero attached hydrogens (tertiary/aromatic N) is 2. The minimum atomic E-state index is -0.459. The van der Waals surface area contributed by atoms with Gasteiger partial charge in [-0.15, -0.1) is 0 Å². The number of rotatable bonds is 2. The Hall–Kier alpha value is -2.37. The third-order valence-electron chi connectivity index (χ3n) is 2.15. The summed E-state index contributed by atoms with van der Waals surface area (Å²) >= 11 is 0. The van der Waals surface area contributed by atoms with Crippen molar-refractivity contribution >= 4 is 11.6 Å². The first-order valence-corrected chi connectivity index (χ1v) is 4.55. The summed E-state index contributed by atoms with van der Waals surface area (Å²) in [5.74, 6) is 0.130. The molecule has 0 aliphatic heterocycles. The molecule has 16 heavy (non-hydrogen) atoms. The van der Waals surface area contributed by atoms with Gasteiger partial charge in [-0.2, -0.15) is 0 Å². The first-order valence-electron chi connectivity index (χ1n) is 4.55. The number of aryl methyl sites for hydroxylation is 1. The maximum atomic E-state index is 10.8. The van der Waals surface area contributed by atoms with Gasteiger partial charge in [0.15, 0.2) is 0 Å². The van der Waals surface area contributed by atoms with Gasteiger partial charge in [0.1, 0.15) is 5.69 Å². The van der Waals surface area contributed by atoms with Crippen molar-refractivity contribution in [2.24, 2.45) is 0 Å². The molecule has 1 aromatic heterocycles. The monoisotopic (exact) mass is 219 g/mol. The van der Waals surface area contributed by atoms with Crippen molar-refractivity contribution in [1.82, 2.24) is 5.16 Å². The molecule has 2 aromatic rings. The van der Waals surface area contributed by atoms with Gasteiger partial charge in [0.25, 0.3) is 5.69 Å². The van der Waals surface area contributed by atoms with Crippen LogP contribution in [0, 0.1) is 17.0 Å². The summed E-state index contributed by atoms with van der Waals surface area (Å²) in [5.41, 5.74) is 7.05. The molecule has 0 radical (unpaired) electrons. The number of hydrogen-bond acceptors (Lipinski definition) is 5. The van der Waals surface area contributed by atoms with Crippen molar-refractivity contribution < 1.29 is 9.45 Å². The fourth-order valence-electron chi connectivity index (χ4n) is 1.43. The highest BCUT2D eigenvalue weighted by molar-refractivity contribution is 5.72. The summed E-state index contributed by atoms with van der Waals surface area (Å²) in [7, 11) is 0. The number of anilines is 1. The number of nitrogens with two attached hydrogens (primary N) is 1. The van der Waals surface area contributed by atoms with Crippen LogP contribution in [0.25, 0.3) is 11.3 Å². The van der Waals surface area contributed by atoms with E-state index in [1.165, 1.54) is 12.1 Å².